The van der Waals surface area contributed by atoms with Gasteiger partial charge in [-0.05, 0) is 48.6 Å². The number of hydrogen-bond donors (Lipinski definition) is 0. The fourth-order valence-electron chi connectivity index (χ4n) is 6.20. The number of halogens is 3. The van der Waals surface area contributed by atoms with Gasteiger partial charge in [-0.15, -0.1) is 0 Å². The molecule has 37 heavy (non-hydrogen) atoms. The Morgan fingerprint density at radius 1 is 1.16 bits per heavy atom. The van der Waals surface area contributed by atoms with E-state index in [-0.39, 0.29) is 40.9 Å². The standard InChI is InChI=1S/C26H28F3N3O4S/c1-14(17-5-4-6-18(22(17)27)23(28)29)7-21-19-8-20(25(33)32(2)24(19)31-13-30-21)26(36-3)9-15-11-37(34,35)12-16(15)10-26/h4-6,8,13-16,23H,7,9-12H2,1-3H3/t14-,15-,16+,26?/m0/s1. The highest BCUT2D eigenvalue weighted by molar-refractivity contribution is 7.91. The van der Waals surface area contributed by atoms with E-state index in [1.807, 2.05) is 0 Å². The number of nitrogens with zero attached hydrogens (tertiary/aromatic N) is 3. The van der Waals surface area contributed by atoms with Crippen LogP contribution in [0.25, 0.3) is 11.0 Å². The highest BCUT2D eigenvalue weighted by Crippen LogP contribution is 2.51. The third-order valence-electron chi connectivity index (χ3n) is 8.08. The molecule has 7 nitrogen and oxygen atoms in total. The van der Waals surface area contributed by atoms with E-state index >= 15 is 0 Å². The number of fused-ring (bicyclic) bond motifs is 2. The molecule has 1 unspecified atom stereocenters. The Labute approximate surface area is 212 Å². The zero-order valence-electron chi connectivity index (χ0n) is 20.7. The average molecular weight is 536 g/mol. The summed E-state index contributed by atoms with van der Waals surface area (Å²) in [7, 11) is 0.0369. The Kier molecular flexibility index (Phi) is 6.42. The summed E-state index contributed by atoms with van der Waals surface area (Å²) < 4.78 is 72.9. The smallest absolute Gasteiger partial charge is 0.266 e. The maximum atomic E-state index is 14.8. The summed E-state index contributed by atoms with van der Waals surface area (Å²) in [4.78, 5) is 22.2. The largest absolute Gasteiger partial charge is 0.373 e. The second kappa shape index (κ2) is 9.20. The Balaban J connectivity index is 1.57. The predicted molar refractivity (Wildman–Crippen MR) is 132 cm³/mol. The van der Waals surface area contributed by atoms with Crippen molar-refractivity contribution in [1.29, 1.82) is 0 Å². The number of sulfone groups is 1. The number of benzene rings is 1. The van der Waals surface area contributed by atoms with Crippen molar-refractivity contribution in [3.05, 3.63) is 69.1 Å². The molecule has 1 saturated carbocycles. The van der Waals surface area contributed by atoms with E-state index in [1.54, 1.807) is 20.0 Å². The molecule has 3 aromatic rings. The number of aryl methyl sites for hydroxylation is 1. The van der Waals surface area contributed by atoms with E-state index in [9.17, 15) is 26.4 Å². The van der Waals surface area contributed by atoms with Crippen LogP contribution in [0.4, 0.5) is 13.2 Å². The van der Waals surface area contributed by atoms with Gasteiger partial charge in [-0.2, -0.15) is 0 Å². The summed E-state index contributed by atoms with van der Waals surface area (Å²) in [5.41, 5.74) is -0.366. The third-order valence-corrected chi connectivity index (χ3v) is 9.95. The van der Waals surface area contributed by atoms with Crippen molar-refractivity contribution >= 4 is 20.9 Å². The summed E-state index contributed by atoms with van der Waals surface area (Å²) in [6.45, 7) is 1.74. The van der Waals surface area contributed by atoms with Gasteiger partial charge >= 0.3 is 0 Å². The molecule has 1 aliphatic carbocycles. The summed E-state index contributed by atoms with van der Waals surface area (Å²) >= 11 is 0. The highest BCUT2D eigenvalue weighted by Gasteiger charge is 2.53. The first kappa shape index (κ1) is 25.8. The van der Waals surface area contributed by atoms with Crippen LogP contribution in [0.3, 0.4) is 0 Å². The molecule has 0 amide bonds. The Morgan fingerprint density at radius 3 is 2.43 bits per heavy atom. The summed E-state index contributed by atoms with van der Waals surface area (Å²) in [6.07, 6.45) is -0.538. The lowest BCUT2D eigenvalue weighted by molar-refractivity contribution is -0.0150. The second-order valence-corrected chi connectivity index (χ2v) is 12.5. The van der Waals surface area contributed by atoms with Crippen molar-refractivity contribution in [3.63, 3.8) is 0 Å². The van der Waals surface area contributed by atoms with E-state index < -0.39 is 39.2 Å². The molecule has 198 valence electrons. The van der Waals surface area contributed by atoms with Gasteiger partial charge in [-0.25, -0.2) is 31.6 Å². The monoisotopic (exact) mass is 535 g/mol. The first-order chi connectivity index (χ1) is 17.5. The number of ether oxygens (including phenoxy) is 1. The zero-order chi connectivity index (χ0) is 26.7. The van der Waals surface area contributed by atoms with E-state index in [0.29, 0.717) is 35.1 Å². The number of rotatable bonds is 6. The van der Waals surface area contributed by atoms with Crippen molar-refractivity contribution in [2.24, 2.45) is 18.9 Å². The SMILES string of the molecule is COC1(c2cc3c(C[C@H](C)c4cccc(C(F)F)c4F)ncnc3n(C)c2=O)C[C@@H]2CS(=O)(=O)C[C@@H]2C1. The molecule has 0 radical (unpaired) electrons. The number of methoxy groups -OCH3 is 1. The molecule has 2 aromatic heterocycles. The molecule has 0 N–H and O–H groups in total. The van der Waals surface area contributed by atoms with Crippen LogP contribution in [0.5, 0.6) is 0 Å². The fraction of sp³-hybridized carbons (Fsp3) is 0.500. The van der Waals surface area contributed by atoms with E-state index in [4.69, 9.17) is 4.74 Å². The number of alkyl halides is 2. The van der Waals surface area contributed by atoms with Crippen molar-refractivity contribution in [2.45, 2.75) is 44.1 Å². The predicted octanol–water partition coefficient (Wildman–Crippen LogP) is 4.05. The number of aromatic nitrogens is 3. The molecule has 1 aliphatic heterocycles. The molecule has 1 saturated heterocycles. The normalized spacial score (nSPS) is 25.6. The zero-order valence-corrected chi connectivity index (χ0v) is 21.6. The number of pyridine rings is 1. The molecule has 3 heterocycles. The molecule has 0 spiro atoms. The minimum absolute atomic E-state index is 0.0815. The first-order valence-electron chi connectivity index (χ1n) is 12.1. The van der Waals surface area contributed by atoms with Crippen molar-refractivity contribution in [3.8, 4) is 0 Å². The lowest BCUT2D eigenvalue weighted by Crippen LogP contribution is -2.36. The minimum atomic E-state index is -3.09. The van der Waals surface area contributed by atoms with Crippen LogP contribution in [-0.2, 0) is 33.6 Å². The molecule has 1 aromatic carbocycles. The average Bonchev–Trinajstić information content (AvgIpc) is 3.32. The van der Waals surface area contributed by atoms with Crippen LogP contribution in [0.15, 0.2) is 35.4 Å². The van der Waals surface area contributed by atoms with Crippen molar-refractivity contribution in [1.82, 2.24) is 14.5 Å². The molecular formula is C26H28F3N3O4S. The van der Waals surface area contributed by atoms with Gasteiger partial charge in [0.15, 0.2) is 9.84 Å². The third kappa shape index (κ3) is 4.35. The molecule has 5 rings (SSSR count). The second-order valence-electron chi connectivity index (χ2n) is 10.3. The highest BCUT2D eigenvalue weighted by atomic mass is 32.2. The van der Waals surface area contributed by atoms with Gasteiger partial charge in [-0.3, -0.25) is 9.36 Å². The molecule has 2 aliphatic rings. The number of hydrogen-bond acceptors (Lipinski definition) is 6. The minimum Gasteiger partial charge on any atom is -0.373 e. The molecular weight excluding hydrogens is 507 g/mol. The molecule has 2 fully saturated rings. The lowest BCUT2D eigenvalue weighted by Gasteiger charge is -2.29. The summed E-state index contributed by atoms with van der Waals surface area (Å²) in [5, 5.41) is 0.581. The van der Waals surface area contributed by atoms with Gasteiger partial charge in [-0.1, -0.05) is 25.1 Å². The van der Waals surface area contributed by atoms with Gasteiger partial charge in [0.1, 0.15) is 17.8 Å². The van der Waals surface area contributed by atoms with Crippen LogP contribution >= 0.6 is 0 Å². The van der Waals surface area contributed by atoms with E-state index in [2.05, 4.69) is 9.97 Å². The van der Waals surface area contributed by atoms with Crippen LogP contribution in [0, 0.1) is 17.7 Å². The quantitative estimate of drug-likeness (QED) is 0.473. The van der Waals surface area contributed by atoms with E-state index in [0.717, 1.165) is 6.07 Å². The van der Waals surface area contributed by atoms with Crippen LogP contribution in [0.1, 0.15) is 54.5 Å². The Hall–Kier alpha value is -2.79. The fourth-order valence-corrected chi connectivity index (χ4v) is 8.42. The van der Waals surface area contributed by atoms with Crippen molar-refractivity contribution < 1.29 is 26.3 Å². The molecule has 4 atom stereocenters. The summed E-state index contributed by atoms with van der Waals surface area (Å²) in [5.74, 6) is -1.39. The van der Waals surface area contributed by atoms with Crippen molar-refractivity contribution in [2.75, 3.05) is 18.6 Å². The van der Waals surface area contributed by atoms with Gasteiger partial charge in [0.05, 0.1) is 33.9 Å². The van der Waals surface area contributed by atoms with Crippen LogP contribution < -0.4 is 5.56 Å². The van der Waals surface area contributed by atoms with Gasteiger partial charge in [0, 0.05) is 19.5 Å². The van der Waals surface area contributed by atoms with Gasteiger partial charge in [0.25, 0.3) is 12.0 Å². The first-order valence-corrected chi connectivity index (χ1v) is 13.9. The molecule has 11 heteroatoms. The molecule has 0 bridgehead atoms. The summed E-state index contributed by atoms with van der Waals surface area (Å²) in [6, 6.07) is 5.69. The maximum Gasteiger partial charge on any atom is 0.266 e. The van der Waals surface area contributed by atoms with Gasteiger partial charge < -0.3 is 4.74 Å². The van der Waals surface area contributed by atoms with Crippen LogP contribution in [-0.4, -0.2) is 41.6 Å². The lowest BCUT2D eigenvalue weighted by atomic mass is 9.89. The Morgan fingerprint density at radius 2 is 1.81 bits per heavy atom. The van der Waals surface area contributed by atoms with Crippen LogP contribution in [0.2, 0.25) is 0 Å². The van der Waals surface area contributed by atoms with E-state index in [1.165, 1.54) is 30.1 Å². The van der Waals surface area contributed by atoms with Gasteiger partial charge in [0.2, 0.25) is 0 Å². The topological polar surface area (TPSA) is 91.2 Å². The Bertz CT molecular complexity index is 1520. The maximum absolute atomic E-state index is 14.8.